The number of urea groups is 1. The van der Waals surface area contributed by atoms with Crippen molar-refractivity contribution in [3.8, 4) is 0 Å². The molecule has 0 aromatic heterocycles. The van der Waals surface area contributed by atoms with Crippen LogP contribution in [0, 0.1) is 0 Å². The molecule has 0 spiro atoms. The summed E-state index contributed by atoms with van der Waals surface area (Å²) in [5.41, 5.74) is 0.871. The largest absolute Gasteiger partial charge is 0.374 e. The van der Waals surface area contributed by atoms with Gasteiger partial charge in [0, 0.05) is 12.7 Å². The summed E-state index contributed by atoms with van der Waals surface area (Å²) < 4.78 is 27.2. The number of amides is 3. The van der Waals surface area contributed by atoms with Crippen molar-refractivity contribution in [1.29, 1.82) is 0 Å². The number of hydrogen-bond donors (Lipinski definition) is 4. The van der Waals surface area contributed by atoms with Gasteiger partial charge < -0.3 is 10.6 Å². The minimum absolute atomic E-state index is 0.150. The van der Waals surface area contributed by atoms with Crippen LogP contribution in [0.5, 0.6) is 0 Å². The molecular weight excluding hydrogens is 356 g/mol. The molecule has 0 saturated carbocycles. The summed E-state index contributed by atoms with van der Waals surface area (Å²) in [5, 5.41) is 7.36. The predicted octanol–water partition coefficient (Wildman–Crippen LogP) is 1.74. The normalized spacial score (nSPS) is 11.9. The Kier molecular flexibility index (Phi) is 6.18. The van der Waals surface area contributed by atoms with Gasteiger partial charge in [-0.05, 0) is 37.3 Å². The van der Waals surface area contributed by atoms with Crippen LogP contribution in [0.25, 0.3) is 0 Å². The zero-order chi connectivity index (χ0) is 19.2. The Morgan fingerprint density at radius 3 is 2.27 bits per heavy atom. The lowest BCUT2D eigenvalue weighted by molar-refractivity contribution is -0.120. The number of imide groups is 1. The summed E-state index contributed by atoms with van der Waals surface area (Å²) >= 11 is 0. The Labute approximate surface area is 152 Å². The summed E-state index contributed by atoms with van der Waals surface area (Å²) in [6, 6.07) is 13.2. The minimum Gasteiger partial charge on any atom is -0.374 e. The van der Waals surface area contributed by atoms with Gasteiger partial charge in [0.05, 0.1) is 10.6 Å². The van der Waals surface area contributed by atoms with E-state index in [9.17, 15) is 18.0 Å². The van der Waals surface area contributed by atoms with Crippen molar-refractivity contribution >= 4 is 33.3 Å². The molecule has 4 N–H and O–H groups in total. The van der Waals surface area contributed by atoms with Crippen LogP contribution in [0.15, 0.2) is 59.5 Å². The molecule has 2 aromatic carbocycles. The molecule has 0 aliphatic heterocycles. The standard InChI is InChI=1S/C17H20N4O4S/c1-12(16(22)20-17(23)18-2)19-13-7-6-8-14(11-13)21-26(24,25)15-9-4-3-5-10-15/h3-12,19,21H,1-2H3,(H2,18,20,22,23)/t12-/m0/s1. The van der Waals surface area contributed by atoms with Gasteiger partial charge in [0.1, 0.15) is 6.04 Å². The highest BCUT2D eigenvalue weighted by Gasteiger charge is 2.16. The van der Waals surface area contributed by atoms with Gasteiger partial charge in [-0.25, -0.2) is 13.2 Å². The highest BCUT2D eigenvalue weighted by Crippen LogP contribution is 2.20. The van der Waals surface area contributed by atoms with Crippen molar-refractivity contribution in [3.63, 3.8) is 0 Å². The zero-order valence-corrected chi connectivity index (χ0v) is 15.1. The quantitative estimate of drug-likeness (QED) is 0.613. The van der Waals surface area contributed by atoms with Crippen LogP contribution in [-0.2, 0) is 14.8 Å². The first kappa shape index (κ1) is 19.3. The highest BCUT2D eigenvalue weighted by molar-refractivity contribution is 7.92. The lowest BCUT2D eigenvalue weighted by Gasteiger charge is -2.15. The SMILES string of the molecule is CNC(=O)NC(=O)[C@H](C)Nc1cccc(NS(=O)(=O)c2ccccc2)c1. The minimum atomic E-state index is -3.70. The molecule has 0 aliphatic rings. The molecule has 1 atom stereocenters. The smallest absolute Gasteiger partial charge is 0.321 e. The Balaban J connectivity index is 2.08. The molecule has 0 bridgehead atoms. The van der Waals surface area contributed by atoms with E-state index in [1.54, 1.807) is 49.4 Å². The van der Waals surface area contributed by atoms with Crippen LogP contribution >= 0.6 is 0 Å². The molecule has 0 aliphatic carbocycles. The maximum absolute atomic E-state index is 12.4. The van der Waals surface area contributed by atoms with Gasteiger partial charge in [-0.15, -0.1) is 0 Å². The van der Waals surface area contributed by atoms with Crippen molar-refractivity contribution in [3.05, 3.63) is 54.6 Å². The first-order valence-corrected chi connectivity index (χ1v) is 9.27. The number of benzene rings is 2. The van der Waals surface area contributed by atoms with Gasteiger partial charge in [0.15, 0.2) is 0 Å². The van der Waals surface area contributed by atoms with Crippen molar-refractivity contribution < 1.29 is 18.0 Å². The van der Waals surface area contributed by atoms with E-state index >= 15 is 0 Å². The summed E-state index contributed by atoms with van der Waals surface area (Å²) in [7, 11) is -2.30. The third-order valence-electron chi connectivity index (χ3n) is 3.41. The van der Waals surface area contributed by atoms with Gasteiger partial charge in [0.2, 0.25) is 5.91 Å². The second kappa shape index (κ2) is 8.34. The van der Waals surface area contributed by atoms with Crippen LogP contribution in [0.4, 0.5) is 16.2 Å². The molecular formula is C17H20N4O4S. The fourth-order valence-electron chi connectivity index (χ4n) is 2.08. The first-order valence-electron chi connectivity index (χ1n) is 7.79. The second-order valence-electron chi connectivity index (χ2n) is 5.43. The van der Waals surface area contributed by atoms with Gasteiger partial charge in [-0.1, -0.05) is 24.3 Å². The average Bonchev–Trinajstić information content (AvgIpc) is 2.62. The summed E-state index contributed by atoms with van der Waals surface area (Å²) in [6.07, 6.45) is 0. The molecule has 2 aromatic rings. The van der Waals surface area contributed by atoms with E-state index in [2.05, 4.69) is 20.7 Å². The molecule has 0 unspecified atom stereocenters. The van der Waals surface area contributed by atoms with Crippen molar-refractivity contribution in [1.82, 2.24) is 10.6 Å². The zero-order valence-electron chi connectivity index (χ0n) is 14.3. The van der Waals surface area contributed by atoms with Gasteiger partial charge in [-0.2, -0.15) is 0 Å². The molecule has 0 fully saturated rings. The van der Waals surface area contributed by atoms with E-state index in [0.29, 0.717) is 11.4 Å². The number of rotatable bonds is 6. The highest BCUT2D eigenvalue weighted by atomic mass is 32.2. The molecule has 0 saturated heterocycles. The van der Waals surface area contributed by atoms with Crippen LogP contribution in [0.3, 0.4) is 0 Å². The number of anilines is 2. The maximum atomic E-state index is 12.4. The lowest BCUT2D eigenvalue weighted by atomic mass is 10.2. The van der Waals surface area contributed by atoms with Crippen molar-refractivity contribution in [2.75, 3.05) is 17.1 Å². The van der Waals surface area contributed by atoms with E-state index in [-0.39, 0.29) is 4.90 Å². The second-order valence-corrected chi connectivity index (χ2v) is 7.12. The van der Waals surface area contributed by atoms with E-state index in [1.807, 2.05) is 0 Å². The monoisotopic (exact) mass is 376 g/mol. The van der Waals surface area contributed by atoms with E-state index in [1.165, 1.54) is 19.2 Å². The molecule has 0 radical (unpaired) electrons. The Hall–Kier alpha value is -3.07. The summed E-state index contributed by atoms with van der Waals surface area (Å²) in [4.78, 5) is 23.2. The Bertz CT molecular complexity index is 885. The maximum Gasteiger partial charge on any atom is 0.321 e. The van der Waals surface area contributed by atoms with Crippen LogP contribution in [0.1, 0.15) is 6.92 Å². The number of sulfonamides is 1. The third kappa shape index (κ3) is 5.21. The molecule has 9 heteroatoms. The summed E-state index contributed by atoms with van der Waals surface area (Å²) in [5.74, 6) is -0.514. The molecule has 138 valence electrons. The number of hydrogen-bond acceptors (Lipinski definition) is 5. The topological polar surface area (TPSA) is 116 Å². The van der Waals surface area contributed by atoms with Crippen molar-refractivity contribution in [2.24, 2.45) is 0 Å². The number of nitrogens with one attached hydrogen (secondary N) is 4. The molecule has 8 nitrogen and oxygen atoms in total. The van der Waals surface area contributed by atoms with E-state index in [4.69, 9.17) is 0 Å². The van der Waals surface area contributed by atoms with Gasteiger partial charge in [-0.3, -0.25) is 14.8 Å². The van der Waals surface area contributed by atoms with Crippen LogP contribution in [-0.4, -0.2) is 33.4 Å². The first-order chi connectivity index (χ1) is 12.3. The van der Waals surface area contributed by atoms with E-state index in [0.717, 1.165) is 0 Å². The predicted molar refractivity (Wildman–Crippen MR) is 99.4 cm³/mol. The fraction of sp³-hybridized carbons (Fsp3) is 0.176. The molecule has 0 heterocycles. The number of carbonyl (C=O) groups is 2. The van der Waals surface area contributed by atoms with E-state index < -0.39 is 28.0 Å². The van der Waals surface area contributed by atoms with Gasteiger partial charge in [0.25, 0.3) is 10.0 Å². The Morgan fingerprint density at radius 1 is 0.962 bits per heavy atom. The van der Waals surface area contributed by atoms with Crippen molar-refractivity contribution in [2.45, 2.75) is 17.9 Å². The van der Waals surface area contributed by atoms with Crippen LogP contribution < -0.4 is 20.7 Å². The van der Waals surface area contributed by atoms with Gasteiger partial charge >= 0.3 is 6.03 Å². The lowest BCUT2D eigenvalue weighted by Crippen LogP contribution is -2.44. The molecule has 2 rings (SSSR count). The number of carbonyl (C=O) groups excluding carboxylic acids is 2. The fourth-order valence-corrected chi connectivity index (χ4v) is 3.15. The molecule has 26 heavy (non-hydrogen) atoms. The summed E-state index contributed by atoms with van der Waals surface area (Å²) in [6.45, 7) is 1.58. The average molecular weight is 376 g/mol. The Morgan fingerprint density at radius 2 is 1.62 bits per heavy atom. The third-order valence-corrected chi connectivity index (χ3v) is 4.81. The molecule has 3 amide bonds. The van der Waals surface area contributed by atoms with Crippen LogP contribution in [0.2, 0.25) is 0 Å².